The molecule has 0 radical (unpaired) electrons. The largest absolute Gasteiger partial charge is 0.368 e. The summed E-state index contributed by atoms with van der Waals surface area (Å²) in [5.74, 6) is -0.236. The van der Waals surface area contributed by atoms with Gasteiger partial charge in [-0.05, 0) is 52.2 Å². The Morgan fingerprint density at radius 3 is 2.90 bits per heavy atom. The van der Waals surface area contributed by atoms with Gasteiger partial charge in [-0.1, -0.05) is 6.92 Å². The number of nitrogens with zero attached hydrogens (tertiary/aromatic N) is 2. The second kappa shape index (κ2) is 6.87. The van der Waals surface area contributed by atoms with Crippen LogP contribution >= 0.6 is 0 Å². The first-order chi connectivity index (χ1) is 9.55. The highest BCUT2D eigenvalue weighted by Crippen LogP contribution is 2.22. The van der Waals surface area contributed by atoms with Crippen LogP contribution in [0, 0.1) is 0 Å². The van der Waals surface area contributed by atoms with Crippen LogP contribution in [0.5, 0.6) is 0 Å². The number of rotatable bonds is 7. The predicted octanol–water partition coefficient (Wildman–Crippen LogP) is 0.400. The summed E-state index contributed by atoms with van der Waals surface area (Å²) >= 11 is 0. The average molecular weight is 282 g/mol. The van der Waals surface area contributed by atoms with Gasteiger partial charge in [-0.3, -0.25) is 9.69 Å². The molecule has 2 fully saturated rings. The number of nitrogens with two attached hydrogens (primary N) is 1. The molecule has 5 heteroatoms. The van der Waals surface area contributed by atoms with Crippen LogP contribution in [0.2, 0.25) is 0 Å². The van der Waals surface area contributed by atoms with E-state index in [0.717, 1.165) is 32.0 Å². The second-order valence-corrected chi connectivity index (χ2v) is 6.46. The maximum absolute atomic E-state index is 11.6. The molecule has 2 saturated heterocycles. The molecule has 116 valence electrons. The van der Waals surface area contributed by atoms with E-state index in [-0.39, 0.29) is 5.91 Å². The van der Waals surface area contributed by atoms with Gasteiger partial charge in [-0.15, -0.1) is 0 Å². The average Bonchev–Trinajstić information content (AvgIpc) is 2.86. The van der Waals surface area contributed by atoms with Crippen molar-refractivity contribution in [3.05, 3.63) is 0 Å². The quantitative estimate of drug-likeness (QED) is 0.709. The van der Waals surface area contributed by atoms with Crippen molar-refractivity contribution in [3.8, 4) is 0 Å². The number of likely N-dealkylation sites (N-methyl/N-ethyl adjacent to an activating group) is 1. The Hall–Kier alpha value is -0.650. The molecule has 0 bridgehead atoms. The van der Waals surface area contributed by atoms with Crippen molar-refractivity contribution in [1.82, 2.24) is 15.1 Å². The Balaban J connectivity index is 1.73. The first-order valence-corrected chi connectivity index (χ1v) is 8.06. The lowest BCUT2D eigenvalue weighted by Crippen LogP contribution is -2.54. The minimum Gasteiger partial charge on any atom is -0.368 e. The number of hydrogen-bond donors (Lipinski definition) is 2. The van der Waals surface area contributed by atoms with Crippen LogP contribution < -0.4 is 11.1 Å². The summed E-state index contributed by atoms with van der Waals surface area (Å²) in [6, 6.07) is 0.778. The lowest BCUT2D eigenvalue weighted by atomic mass is 9.94. The summed E-state index contributed by atoms with van der Waals surface area (Å²) in [6.45, 7) is 10.7. The lowest BCUT2D eigenvalue weighted by molar-refractivity contribution is -0.124. The van der Waals surface area contributed by atoms with Crippen molar-refractivity contribution in [2.24, 2.45) is 5.73 Å². The molecule has 0 aromatic rings. The third-order valence-electron chi connectivity index (χ3n) is 4.93. The number of hydrogen-bond acceptors (Lipinski definition) is 4. The maximum Gasteiger partial charge on any atom is 0.237 e. The third kappa shape index (κ3) is 3.71. The van der Waals surface area contributed by atoms with Crippen molar-refractivity contribution < 1.29 is 4.79 Å². The van der Waals surface area contributed by atoms with Crippen molar-refractivity contribution in [2.45, 2.75) is 51.1 Å². The van der Waals surface area contributed by atoms with E-state index in [0.29, 0.717) is 0 Å². The number of piperazine rings is 1. The van der Waals surface area contributed by atoms with E-state index in [1.165, 1.54) is 39.0 Å². The van der Waals surface area contributed by atoms with E-state index in [1.54, 1.807) is 0 Å². The molecule has 2 unspecified atom stereocenters. The number of fused-ring (bicyclic) bond motifs is 1. The summed E-state index contributed by atoms with van der Waals surface area (Å²) in [5, 5.41) is 3.23. The minimum atomic E-state index is -0.552. The van der Waals surface area contributed by atoms with Crippen LogP contribution in [0.4, 0.5) is 0 Å². The van der Waals surface area contributed by atoms with Gasteiger partial charge in [0.15, 0.2) is 0 Å². The van der Waals surface area contributed by atoms with E-state index >= 15 is 0 Å². The molecule has 0 saturated carbocycles. The van der Waals surface area contributed by atoms with Gasteiger partial charge in [-0.2, -0.15) is 0 Å². The number of amides is 1. The number of nitrogens with one attached hydrogen (secondary N) is 1. The Kier molecular flexibility index (Phi) is 5.41. The van der Waals surface area contributed by atoms with Gasteiger partial charge in [0.1, 0.15) is 0 Å². The fourth-order valence-corrected chi connectivity index (χ4v) is 3.60. The zero-order valence-corrected chi connectivity index (χ0v) is 13.0. The fourth-order valence-electron chi connectivity index (χ4n) is 3.60. The molecule has 2 heterocycles. The zero-order chi connectivity index (χ0) is 14.6. The van der Waals surface area contributed by atoms with Crippen LogP contribution in [0.1, 0.15) is 39.5 Å². The highest BCUT2D eigenvalue weighted by Gasteiger charge is 2.32. The molecule has 2 aliphatic heterocycles. The molecular formula is C15H30N4O. The molecule has 2 atom stereocenters. The van der Waals surface area contributed by atoms with Gasteiger partial charge >= 0.3 is 0 Å². The third-order valence-corrected chi connectivity index (χ3v) is 4.93. The molecule has 2 aliphatic rings. The van der Waals surface area contributed by atoms with Gasteiger partial charge in [0.25, 0.3) is 0 Å². The Bertz CT molecular complexity index is 336. The van der Waals surface area contributed by atoms with E-state index < -0.39 is 5.54 Å². The zero-order valence-electron chi connectivity index (χ0n) is 13.0. The smallest absolute Gasteiger partial charge is 0.237 e. The van der Waals surface area contributed by atoms with Gasteiger partial charge in [0.2, 0.25) is 5.91 Å². The lowest BCUT2D eigenvalue weighted by Gasteiger charge is -2.38. The van der Waals surface area contributed by atoms with Gasteiger partial charge in [0, 0.05) is 25.7 Å². The summed E-state index contributed by atoms with van der Waals surface area (Å²) in [4.78, 5) is 16.8. The number of primary amides is 1. The van der Waals surface area contributed by atoms with Crippen molar-refractivity contribution in [2.75, 3.05) is 39.3 Å². The molecule has 2 rings (SSSR count). The Morgan fingerprint density at radius 1 is 1.40 bits per heavy atom. The van der Waals surface area contributed by atoms with Crippen LogP contribution in [-0.2, 0) is 4.79 Å². The highest BCUT2D eigenvalue weighted by molar-refractivity contribution is 5.84. The maximum atomic E-state index is 11.6. The van der Waals surface area contributed by atoms with Gasteiger partial charge in [-0.25, -0.2) is 0 Å². The molecular weight excluding hydrogens is 252 g/mol. The van der Waals surface area contributed by atoms with Gasteiger partial charge in [0.05, 0.1) is 5.54 Å². The standard InChI is InChI=1S/C15H30N4O/c1-3-17-15(2,14(16)20)7-5-8-18-10-11-19-9-4-6-13(19)12-18/h13,17H,3-12H2,1-2H3,(H2,16,20). The summed E-state index contributed by atoms with van der Waals surface area (Å²) in [7, 11) is 0. The van der Waals surface area contributed by atoms with E-state index in [1.807, 2.05) is 13.8 Å². The second-order valence-electron chi connectivity index (χ2n) is 6.46. The first-order valence-electron chi connectivity index (χ1n) is 8.06. The minimum absolute atomic E-state index is 0.236. The predicted molar refractivity (Wildman–Crippen MR) is 81.5 cm³/mol. The van der Waals surface area contributed by atoms with Crippen molar-refractivity contribution >= 4 is 5.91 Å². The van der Waals surface area contributed by atoms with Crippen molar-refractivity contribution in [1.29, 1.82) is 0 Å². The SMILES string of the molecule is CCNC(C)(CCCN1CCN2CCCC2C1)C(N)=O. The van der Waals surface area contributed by atoms with Crippen LogP contribution in [0.15, 0.2) is 0 Å². The molecule has 0 aromatic heterocycles. The van der Waals surface area contributed by atoms with Crippen molar-refractivity contribution in [3.63, 3.8) is 0 Å². The van der Waals surface area contributed by atoms with Crippen LogP contribution in [0.3, 0.4) is 0 Å². The molecule has 3 N–H and O–H groups in total. The normalized spacial score (nSPS) is 27.2. The summed E-state index contributed by atoms with van der Waals surface area (Å²) in [5.41, 5.74) is 4.97. The number of carbonyl (C=O) groups excluding carboxylic acids is 1. The highest BCUT2D eigenvalue weighted by atomic mass is 16.1. The topological polar surface area (TPSA) is 61.6 Å². The number of carbonyl (C=O) groups is 1. The molecule has 0 aliphatic carbocycles. The van der Waals surface area contributed by atoms with Gasteiger partial charge < -0.3 is 16.0 Å². The van der Waals surface area contributed by atoms with E-state index in [9.17, 15) is 4.79 Å². The molecule has 0 spiro atoms. The molecule has 20 heavy (non-hydrogen) atoms. The Labute approximate surface area is 122 Å². The van der Waals surface area contributed by atoms with Crippen LogP contribution in [-0.4, -0.2) is 66.6 Å². The summed E-state index contributed by atoms with van der Waals surface area (Å²) in [6.07, 6.45) is 4.56. The molecule has 1 amide bonds. The monoisotopic (exact) mass is 282 g/mol. The summed E-state index contributed by atoms with van der Waals surface area (Å²) < 4.78 is 0. The Morgan fingerprint density at radius 2 is 2.20 bits per heavy atom. The van der Waals surface area contributed by atoms with E-state index in [4.69, 9.17) is 5.73 Å². The molecule has 0 aromatic carbocycles. The first kappa shape index (κ1) is 15.7. The molecule has 5 nitrogen and oxygen atoms in total. The van der Waals surface area contributed by atoms with Crippen LogP contribution in [0.25, 0.3) is 0 Å². The van der Waals surface area contributed by atoms with E-state index in [2.05, 4.69) is 15.1 Å². The fraction of sp³-hybridized carbons (Fsp3) is 0.933.